The monoisotopic (exact) mass is 402 g/mol. The van der Waals surface area contributed by atoms with Gasteiger partial charge in [0.05, 0.1) is 11.8 Å². The summed E-state index contributed by atoms with van der Waals surface area (Å²) in [5.74, 6) is -4.16. The maximum atomic E-state index is 14.0. The fourth-order valence-electron chi connectivity index (χ4n) is 4.92. The zero-order valence-electron chi connectivity index (χ0n) is 16.0. The molecule has 4 atom stereocenters. The van der Waals surface area contributed by atoms with Gasteiger partial charge in [0.2, 0.25) is 23.6 Å². The summed E-state index contributed by atoms with van der Waals surface area (Å²) >= 11 is 0. The molecule has 4 amide bonds. The van der Waals surface area contributed by atoms with E-state index in [0.717, 1.165) is 6.42 Å². The molecule has 0 aliphatic carbocycles. The molecule has 29 heavy (non-hydrogen) atoms. The van der Waals surface area contributed by atoms with Gasteiger partial charge in [-0.3, -0.25) is 29.4 Å². The van der Waals surface area contributed by atoms with Crippen LogP contribution in [-0.4, -0.2) is 41.1 Å². The Hall–Kier alpha value is -2.81. The molecule has 4 rings (SSSR count). The van der Waals surface area contributed by atoms with Crippen molar-refractivity contribution in [3.63, 3.8) is 0 Å². The van der Waals surface area contributed by atoms with E-state index in [1.165, 1.54) is 23.1 Å². The van der Waals surface area contributed by atoms with Gasteiger partial charge in [0.15, 0.2) is 0 Å². The highest BCUT2D eigenvalue weighted by atomic mass is 19.1. The molecule has 0 bridgehead atoms. The Balaban J connectivity index is 1.81. The molecule has 3 aliphatic heterocycles. The fraction of sp³-hybridized carbons (Fsp3) is 0.500. The van der Waals surface area contributed by atoms with Crippen LogP contribution < -0.4 is 16.4 Å². The molecule has 0 saturated carbocycles. The van der Waals surface area contributed by atoms with Gasteiger partial charge in [-0.05, 0) is 31.0 Å². The number of nitrogens with two attached hydrogens (primary N) is 1. The lowest BCUT2D eigenvalue weighted by atomic mass is 9.76. The van der Waals surface area contributed by atoms with E-state index in [4.69, 9.17) is 5.73 Å². The minimum absolute atomic E-state index is 0.00498. The van der Waals surface area contributed by atoms with Crippen molar-refractivity contribution in [1.82, 2.24) is 10.2 Å². The van der Waals surface area contributed by atoms with Crippen molar-refractivity contribution >= 4 is 29.3 Å². The highest BCUT2D eigenvalue weighted by Crippen LogP contribution is 2.53. The van der Waals surface area contributed by atoms with Gasteiger partial charge in [-0.1, -0.05) is 13.3 Å². The van der Waals surface area contributed by atoms with Crippen LogP contribution in [0.4, 0.5) is 10.1 Å². The van der Waals surface area contributed by atoms with E-state index >= 15 is 0 Å². The molecule has 4 N–H and O–H groups in total. The number of benzene rings is 1. The average Bonchev–Trinajstić information content (AvgIpc) is 3.24. The Morgan fingerprint density at radius 3 is 2.72 bits per heavy atom. The number of fused-ring (bicyclic) bond motifs is 4. The van der Waals surface area contributed by atoms with Crippen LogP contribution in [0, 0.1) is 17.7 Å². The molecular formula is C20H23FN4O4. The molecule has 1 spiro atoms. The molecule has 2 saturated heterocycles. The number of amides is 4. The number of carbonyl (C=O) groups excluding carboxylic acids is 4. The first kappa shape index (κ1) is 19.5. The second-order valence-corrected chi connectivity index (χ2v) is 7.89. The topological polar surface area (TPSA) is 122 Å². The van der Waals surface area contributed by atoms with Crippen molar-refractivity contribution in [3.8, 4) is 0 Å². The van der Waals surface area contributed by atoms with Crippen molar-refractivity contribution < 1.29 is 23.6 Å². The van der Waals surface area contributed by atoms with E-state index in [9.17, 15) is 23.6 Å². The summed E-state index contributed by atoms with van der Waals surface area (Å²) < 4.78 is 14.0. The van der Waals surface area contributed by atoms with Crippen LogP contribution in [0.2, 0.25) is 0 Å². The van der Waals surface area contributed by atoms with Crippen molar-refractivity contribution in [1.29, 1.82) is 0 Å². The smallest absolute Gasteiger partial charge is 0.250 e. The van der Waals surface area contributed by atoms with Crippen LogP contribution in [-0.2, 0) is 24.7 Å². The molecule has 0 radical (unpaired) electrons. The zero-order valence-corrected chi connectivity index (χ0v) is 16.0. The molecule has 154 valence electrons. The molecule has 1 aromatic carbocycles. The number of nitrogens with one attached hydrogen (secondary N) is 2. The number of likely N-dealkylation sites (tertiary alicyclic amines) is 1. The lowest BCUT2D eigenvalue weighted by molar-refractivity contribution is -0.143. The Morgan fingerprint density at radius 2 is 2.03 bits per heavy atom. The number of hydrogen-bond donors (Lipinski definition) is 3. The van der Waals surface area contributed by atoms with Gasteiger partial charge in [-0.15, -0.1) is 0 Å². The zero-order chi connectivity index (χ0) is 20.9. The first-order chi connectivity index (χ1) is 13.8. The van der Waals surface area contributed by atoms with E-state index in [-0.39, 0.29) is 25.3 Å². The van der Waals surface area contributed by atoms with Crippen molar-refractivity contribution in [2.45, 2.75) is 44.2 Å². The minimum atomic E-state index is -1.54. The van der Waals surface area contributed by atoms with Gasteiger partial charge in [0.1, 0.15) is 11.4 Å². The third kappa shape index (κ3) is 2.75. The Kier molecular flexibility index (Phi) is 4.65. The first-order valence-electron chi connectivity index (χ1n) is 9.84. The number of anilines is 1. The third-order valence-electron chi connectivity index (χ3n) is 6.21. The number of unbranched alkanes of at least 4 members (excludes halogenated alkanes) is 1. The van der Waals surface area contributed by atoms with E-state index in [2.05, 4.69) is 10.6 Å². The molecule has 2 fully saturated rings. The predicted molar refractivity (Wildman–Crippen MR) is 101 cm³/mol. The maximum absolute atomic E-state index is 14.0. The summed E-state index contributed by atoms with van der Waals surface area (Å²) in [6.07, 6.45) is 1.66. The SMILES string of the molecule is CCCCN1C(=O)[C@@H]2[C@H](CCC(N)=O)N[C@@]3(C(=O)Nc4ccc(F)cc43)[C@@H]2C1=O. The van der Waals surface area contributed by atoms with Gasteiger partial charge in [0.25, 0.3) is 0 Å². The minimum Gasteiger partial charge on any atom is -0.370 e. The molecule has 1 aromatic rings. The van der Waals surface area contributed by atoms with Crippen LogP contribution in [0.5, 0.6) is 0 Å². The fourth-order valence-corrected chi connectivity index (χ4v) is 4.92. The summed E-state index contributed by atoms with van der Waals surface area (Å²) in [5, 5.41) is 5.85. The quantitative estimate of drug-likeness (QED) is 0.602. The normalized spacial score (nSPS) is 30.1. The molecule has 3 heterocycles. The molecule has 3 aliphatic rings. The number of primary amides is 1. The number of carbonyl (C=O) groups is 4. The second-order valence-electron chi connectivity index (χ2n) is 7.89. The molecule has 0 aromatic heterocycles. The van der Waals surface area contributed by atoms with Crippen molar-refractivity contribution in [2.75, 3.05) is 11.9 Å². The van der Waals surface area contributed by atoms with Crippen LogP contribution >= 0.6 is 0 Å². The van der Waals surface area contributed by atoms with Crippen molar-refractivity contribution in [3.05, 3.63) is 29.6 Å². The second kappa shape index (κ2) is 6.91. The van der Waals surface area contributed by atoms with E-state index in [0.29, 0.717) is 17.7 Å². The Labute approximate surface area is 167 Å². The lowest BCUT2D eigenvalue weighted by Gasteiger charge is -2.29. The molecule has 8 nitrogen and oxygen atoms in total. The number of imide groups is 1. The number of rotatable bonds is 6. The molecule has 0 unspecified atom stereocenters. The summed E-state index contributed by atoms with van der Waals surface area (Å²) in [5.41, 5.74) is 4.46. The highest BCUT2D eigenvalue weighted by molar-refractivity contribution is 6.15. The van der Waals surface area contributed by atoms with Gasteiger partial charge < -0.3 is 11.1 Å². The van der Waals surface area contributed by atoms with Crippen LogP contribution in [0.3, 0.4) is 0 Å². The van der Waals surface area contributed by atoms with Crippen molar-refractivity contribution in [2.24, 2.45) is 17.6 Å². The Bertz CT molecular complexity index is 920. The largest absolute Gasteiger partial charge is 0.370 e. The first-order valence-corrected chi connectivity index (χ1v) is 9.84. The van der Waals surface area contributed by atoms with Crippen LogP contribution in [0.1, 0.15) is 38.2 Å². The summed E-state index contributed by atoms with van der Waals surface area (Å²) in [6.45, 7) is 2.23. The summed E-state index contributed by atoms with van der Waals surface area (Å²) in [4.78, 5) is 52.0. The number of hydrogen-bond acceptors (Lipinski definition) is 5. The lowest BCUT2D eigenvalue weighted by Crippen LogP contribution is -2.53. The molecular weight excluding hydrogens is 379 g/mol. The summed E-state index contributed by atoms with van der Waals surface area (Å²) in [6, 6.07) is 3.29. The summed E-state index contributed by atoms with van der Waals surface area (Å²) in [7, 11) is 0. The number of halogens is 1. The standard InChI is InChI=1S/C20H23FN4O4/c1-2-3-8-25-17(27)15-13(6-7-14(22)26)24-20(16(15)18(25)28)11-9-10(21)4-5-12(11)23-19(20)29/h4-5,9,13,15-16,24H,2-3,6-8H2,1H3,(H2,22,26)(H,23,29)/t13-,15+,16-,20+/m0/s1. The Morgan fingerprint density at radius 1 is 1.28 bits per heavy atom. The number of nitrogens with zero attached hydrogens (tertiary/aromatic N) is 1. The van der Waals surface area contributed by atoms with Crippen LogP contribution in [0.25, 0.3) is 0 Å². The van der Waals surface area contributed by atoms with Gasteiger partial charge in [-0.25, -0.2) is 4.39 Å². The van der Waals surface area contributed by atoms with Gasteiger partial charge in [0, 0.05) is 30.3 Å². The highest BCUT2D eigenvalue weighted by Gasteiger charge is 2.70. The predicted octanol–water partition coefficient (Wildman–Crippen LogP) is 0.612. The average molecular weight is 402 g/mol. The molecule has 9 heteroatoms. The van der Waals surface area contributed by atoms with Gasteiger partial charge >= 0.3 is 0 Å². The van der Waals surface area contributed by atoms with E-state index in [1.54, 1.807) is 0 Å². The maximum Gasteiger partial charge on any atom is 0.250 e. The van der Waals surface area contributed by atoms with E-state index < -0.39 is 47.0 Å². The van der Waals surface area contributed by atoms with Gasteiger partial charge in [-0.2, -0.15) is 0 Å². The van der Waals surface area contributed by atoms with Crippen LogP contribution in [0.15, 0.2) is 18.2 Å². The van der Waals surface area contributed by atoms with E-state index in [1.807, 2.05) is 6.92 Å². The third-order valence-corrected chi connectivity index (χ3v) is 6.21.